The number of aromatic amines is 2. The van der Waals surface area contributed by atoms with E-state index < -0.39 is 5.69 Å². The molecule has 35 heavy (non-hydrogen) atoms. The summed E-state index contributed by atoms with van der Waals surface area (Å²) in [7, 11) is 0. The van der Waals surface area contributed by atoms with Crippen LogP contribution in [0, 0.1) is 0 Å². The minimum absolute atomic E-state index is 0.0801. The predicted octanol–water partition coefficient (Wildman–Crippen LogP) is 0.816. The van der Waals surface area contributed by atoms with Crippen molar-refractivity contribution in [1.29, 1.82) is 0 Å². The van der Waals surface area contributed by atoms with Gasteiger partial charge in [0.2, 0.25) is 11.8 Å². The van der Waals surface area contributed by atoms with Gasteiger partial charge in [0.15, 0.2) is 5.65 Å². The summed E-state index contributed by atoms with van der Waals surface area (Å²) in [6.45, 7) is 2.03. The second-order valence-electron chi connectivity index (χ2n) is 8.46. The topological polar surface area (TPSA) is 154 Å². The van der Waals surface area contributed by atoms with E-state index >= 15 is 0 Å². The van der Waals surface area contributed by atoms with Crippen LogP contribution in [0.25, 0.3) is 17.4 Å². The first-order valence-electron chi connectivity index (χ1n) is 11.2. The molecule has 0 spiro atoms. The molecule has 1 fully saturated rings. The molecule has 6 rings (SSSR count). The number of aromatic nitrogens is 8. The molecule has 0 radical (unpaired) electrons. The number of H-pyrrole nitrogens is 2. The van der Waals surface area contributed by atoms with Crippen molar-refractivity contribution in [2.24, 2.45) is 4.99 Å². The minimum Gasteiger partial charge on any atom is -0.493 e. The molecular formula is C23H22N10O2. The molecule has 0 saturated heterocycles. The zero-order valence-electron chi connectivity index (χ0n) is 18.8. The highest BCUT2D eigenvalue weighted by molar-refractivity contribution is 5.57. The molecule has 1 atom stereocenters. The SMILES string of the molecule is CC(Nc1nc(=NC2CC2)n2ncc(=Cc3[nH]c(=O)[nH]c3O)c2n1)c1ccc(-n2ccnc2)cc1. The number of rotatable bonds is 6. The molecule has 1 aliphatic rings. The van der Waals surface area contributed by atoms with Gasteiger partial charge in [0.25, 0.3) is 5.62 Å². The van der Waals surface area contributed by atoms with Gasteiger partial charge in [-0.1, -0.05) is 12.1 Å². The van der Waals surface area contributed by atoms with E-state index in [2.05, 4.69) is 35.3 Å². The Kier molecular flexibility index (Phi) is 4.90. The highest BCUT2D eigenvalue weighted by atomic mass is 16.3. The molecule has 1 aromatic carbocycles. The van der Waals surface area contributed by atoms with Crippen LogP contribution in [0.5, 0.6) is 5.88 Å². The number of imidazole rings is 2. The molecular weight excluding hydrogens is 448 g/mol. The van der Waals surface area contributed by atoms with Gasteiger partial charge in [0, 0.05) is 23.3 Å². The van der Waals surface area contributed by atoms with Gasteiger partial charge in [0.05, 0.1) is 24.6 Å². The number of aromatic hydroxyl groups is 1. The maximum Gasteiger partial charge on any atom is 0.326 e. The number of anilines is 1. The van der Waals surface area contributed by atoms with Crippen LogP contribution in [-0.2, 0) is 0 Å². The Morgan fingerprint density at radius 2 is 2.06 bits per heavy atom. The van der Waals surface area contributed by atoms with E-state index in [0.29, 0.717) is 22.4 Å². The Morgan fingerprint density at radius 3 is 2.74 bits per heavy atom. The monoisotopic (exact) mass is 470 g/mol. The zero-order chi connectivity index (χ0) is 23.9. The standard InChI is InChI=1S/C23H22N10O2/c1-13(14-2-6-17(7-3-14)32-9-8-24-12-32)26-21-29-19-15(10-18-20(34)30-23(35)28-18)11-25-33(19)22(31-21)27-16-4-5-16/h2-3,6-13,16,34H,4-5H2,1H3,(H,26,27,31)(H2,28,30,35). The maximum atomic E-state index is 11.5. The summed E-state index contributed by atoms with van der Waals surface area (Å²) in [4.78, 5) is 34.4. The average Bonchev–Trinajstić information content (AvgIpc) is 3.20. The molecule has 4 heterocycles. The fraction of sp³-hybridized carbons (Fsp3) is 0.217. The molecule has 176 valence electrons. The van der Waals surface area contributed by atoms with Gasteiger partial charge in [-0.2, -0.15) is 19.6 Å². The van der Waals surface area contributed by atoms with Crippen LogP contribution < -0.4 is 21.8 Å². The third kappa shape index (κ3) is 4.16. The molecule has 4 aromatic heterocycles. The molecule has 5 aromatic rings. The van der Waals surface area contributed by atoms with Crippen LogP contribution in [0.2, 0.25) is 0 Å². The number of nitrogens with one attached hydrogen (secondary N) is 3. The van der Waals surface area contributed by atoms with Crippen LogP contribution >= 0.6 is 0 Å². The van der Waals surface area contributed by atoms with E-state index in [1.165, 1.54) is 0 Å². The van der Waals surface area contributed by atoms with Crippen molar-refractivity contribution in [1.82, 2.24) is 39.1 Å². The predicted molar refractivity (Wildman–Crippen MR) is 127 cm³/mol. The summed E-state index contributed by atoms with van der Waals surface area (Å²) in [6.07, 6.45) is 10.6. The van der Waals surface area contributed by atoms with Gasteiger partial charge in [-0.15, -0.1) is 0 Å². The van der Waals surface area contributed by atoms with Crippen LogP contribution in [0.3, 0.4) is 0 Å². The molecule has 1 unspecified atom stereocenters. The van der Waals surface area contributed by atoms with E-state index in [1.54, 1.807) is 29.3 Å². The quantitative estimate of drug-likeness (QED) is 0.286. The van der Waals surface area contributed by atoms with Crippen molar-refractivity contribution < 1.29 is 5.11 Å². The lowest BCUT2D eigenvalue weighted by atomic mass is 10.1. The lowest BCUT2D eigenvalue weighted by Gasteiger charge is -2.15. The van der Waals surface area contributed by atoms with Crippen molar-refractivity contribution in [3.8, 4) is 11.6 Å². The Bertz CT molecular complexity index is 1680. The van der Waals surface area contributed by atoms with Gasteiger partial charge >= 0.3 is 5.69 Å². The largest absolute Gasteiger partial charge is 0.493 e. The van der Waals surface area contributed by atoms with Crippen molar-refractivity contribution in [3.05, 3.63) is 81.8 Å². The minimum atomic E-state index is -0.500. The van der Waals surface area contributed by atoms with Crippen LogP contribution in [0.15, 0.2) is 59.0 Å². The third-order valence-electron chi connectivity index (χ3n) is 5.80. The van der Waals surface area contributed by atoms with Crippen LogP contribution in [0.4, 0.5) is 5.95 Å². The number of hydrogen-bond acceptors (Lipinski definition) is 8. The molecule has 0 aliphatic heterocycles. The van der Waals surface area contributed by atoms with Gasteiger partial charge in [-0.05, 0) is 43.5 Å². The number of fused-ring (bicyclic) bond motifs is 1. The Morgan fingerprint density at radius 1 is 1.23 bits per heavy atom. The van der Waals surface area contributed by atoms with Gasteiger partial charge in [-0.3, -0.25) is 4.98 Å². The molecule has 12 heteroatoms. The molecule has 0 amide bonds. The summed E-state index contributed by atoms with van der Waals surface area (Å²) >= 11 is 0. The van der Waals surface area contributed by atoms with Crippen molar-refractivity contribution >= 4 is 17.7 Å². The van der Waals surface area contributed by atoms with Crippen molar-refractivity contribution in [2.75, 3.05) is 5.32 Å². The Labute approximate surface area is 197 Å². The Hall–Kier alpha value is -4.74. The molecule has 1 aliphatic carbocycles. The third-order valence-corrected chi connectivity index (χ3v) is 5.80. The Balaban J connectivity index is 1.37. The first-order chi connectivity index (χ1) is 17.0. The fourth-order valence-corrected chi connectivity index (χ4v) is 3.77. The summed E-state index contributed by atoms with van der Waals surface area (Å²) in [6, 6.07) is 8.30. The van der Waals surface area contributed by atoms with Crippen molar-refractivity contribution in [3.63, 3.8) is 0 Å². The molecule has 0 bridgehead atoms. The first kappa shape index (κ1) is 20.8. The maximum absolute atomic E-state index is 11.5. The van der Waals surface area contributed by atoms with E-state index in [0.717, 1.165) is 24.1 Å². The summed E-state index contributed by atoms with van der Waals surface area (Å²) < 4.78 is 3.51. The summed E-state index contributed by atoms with van der Waals surface area (Å²) in [5, 5.41) is 18.3. The van der Waals surface area contributed by atoms with Gasteiger partial charge in [-0.25, -0.2) is 14.8 Å². The number of hydrogen-bond donors (Lipinski definition) is 4. The molecule has 12 nitrogen and oxygen atoms in total. The lowest BCUT2D eigenvalue weighted by Crippen LogP contribution is -2.25. The molecule has 1 saturated carbocycles. The van der Waals surface area contributed by atoms with Crippen LogP contribution in [0.1, 0.15) is 37.1 Å². The molecule has 4 N–H and O–H groups in total. The van der Waals surface area contributed by atoms with Crippen molar-refractivity contribution in [2.45, 2.75) is 31.8 Å². The van der Waals surface area contributed by atoms with E-state index in [-0.39, 0.29) is 23.7 Å². The summed E-state index contributed by atoms with van der Waals surface area (Å²) in [5.74, 6) is 0.155. The normalized spacial score (nSPS) is 15.7. The number of benzene rings is 1. The van der Waals surface area contributed by atoms with E-state index in [9.17, 15) is 9.90 Å². The van der Waals surface area contributed by atoms with E-state index in [4.69, 9.17) is 4.99 Å². The second-order valence-corrected chi connectivity index (χ2v) is 8.46. The van der Waals surface area contributed by atoms with E-state index in [1.807, 2.05) is 42.0 Å². The van der Waals surface area contributed by atoms with Gasteiger partial charge < -0.3 is 20.0 Å². The average molecular weight is 470 g/mol. The zero-order valence-corrected chi connectivity index (χ0v) is 18.8. The first-order valence-corrected chi connectivity index (χ1v) is 11.2. The lowest BCUT2D eigenvalue weighted by molar-refractivity contribution is 0.454. The second kappa shape index (κ2) is 8.24. The number of nitrogens with zero attached hydrogens (tertiary/aromatic N) is 7. The highest BCUT2D eigenvalue weighted by Gasteiger charge is 2.21. The van der Waals surface area contributed by atoms with Gasteiger partial charge in [0.1, 0.15) is 5.69 Å². The van der Waals surface area contributed by atoms with Crippen LogP contribution in [-0.4, -0.2) is 50.2 Å². The highest BCUT2D eigenvalue weighted by Crippen LogP contribution is 2.22. The smallest absolute Gasteiger partial charge is 0.326 e. The fourth-order valence-electron chi connectivity index (χ4n) is 3.77. The summed E-state index contributed by atoms with van der Waals surface area (Å²) in [5.41, 5.74) is 2.78.